The molecule has 1 aromatic carbocycles. The fourth-order valence-corrected chi connectivity index (χ4v) is 3.05. The predicted octanol–water partition coefficient (Wildman–Crippen LogP) is 1.74. The van der Waals surface area contributed by atoms with E-state index in [1.807, 2.05) is 4.90 Å². The molecule has 0 aliphatic carbocycles. The molecule has 1 aliphatic heterocycles. The number of benzene rings is 1. The Morgan fingerprint density at radius 1 is 1.16 bits per heavy atom. The van der Waals surface area contributed by atoms with Gasteiger partial charge >= 0.3 is 0 Å². The number of halogens is 1. The summed E-state index contributed by atoms with van der Waals surface area (Å²) in [6.07, 6.45) is 1.50. The summed E-state index contributed by atoms with van der Waals surface area (Å²) >= 11 is 3.36. The number of methoxy groups -OCH3 is 1. The van der Waals surface area contributed by atoms with Crippen LogP contribution in [0.4, 0.5) is 0 Å². The van der Waals surface area contributed by atoms with E-state index in [1.54, 1.807) is 31.4 Å². The SMILES string of the molecule is COc1ccc(C(=O)NCCN2CCN(C(=O)CCCBr)CC2)cc1. The minimum absolute atomic E-state index is 0.0776. The third-order valence-electron chi connectivity index (χ3n) is 4.32. The van der Waals surface area contributed by atoms with Gasteiger partial charge in [0.25, 0.3) is 5.91 Å². The van der Waals surface area contributed by atoms with Gasteiger partial charge in [-0.25, -0.2) is 0 Å². The summed E-state index contributed by atoms with van der Waals surface area (Å²) in [6, 6.07) is 7.07. The number of ether oxygens (including phenoxy) is 1. The van der Waals surface area contributed by atoms with Crippen LogP contribution < -0.4 is 10.1 Å². The van der Waals surface area contributed by atoms with Crippen molar-refractivity contribution in [2.75, 3.05) is 51.7 Å². The first kappa shape index (κ1) is 19.7. The van der Waals surface area contributed by atoms with Gasteiger partial charge in [0, 0.05) is 56.6 Å². The van der Waals surface area contributed by atoms with Crippen LogP contribution in [0.15, 0.2) is 24.3 Å². The van der Waals surface area contributed by atoms with Crippen molar-refractivity contribution in [2.24, 2.45) is 0 Å². The molecule has 1 N–H and O–H groups in total. The smallest absolute Gasteiger partial charge is 0.251 e. The summed E-state index contributed by atoms with van der Waals surface area (Å²) in [6.45, 7) is 4.66. The van der Waals surface area contributed by atoms with Gasteiger partial charge in [-0.2, -0.15) is 0 Å². The van der Waals surface area contributed by atoms with Crippen LogP contribution >= 0.6 is 15.9 Å². The highest BCUT2D eigenvalue weighted by atomic mass is 79.9. The van der Waals surface area contributed by atoms with Gasteiger partial charge in [-0.3, -0.25) is 14.5 Å². The number of piperazine rings is 1. The second-order valence-corrected chi connectivity index (χ2v) is 6.79. The largest absolute Gasteiger partial charge is 0.497 e. The number of carbonyl (C=O) groups excluding carboxylic acids is 2. The molecule has 1 aromatic rings. The van der Waals surface area contributed by atoms with Crippen LogP contribution in [0.1, 0.15) is 23.2 Å². The van der Waals surface area contributed by atoms with Crippen molar-refractivity contribution in [2.45, 2.75) is 12.8 Å². The molecule has 138 valence electrons. The van der Waals surface area contributed by atoms with Gasteiger partial charge in [0.1, 0.15) is 5.75 Å². The minimum Gasteiger partial charge on any atom is -0.497 e. The Hall–Kier alpha value is -1.60. The lowest BCUT2D eigenvalue weighted by atomic mass is 10.2. The van der Waals surface area contributed by atoms with Crippen LogP contribution in [0.3, 0.4) is 0 Å². The number of nitrogens with one attached hydrogen (secondary N) is 1. The molecule has 2 rings (SSSR count). The number of carbonyl (C=O) groups is 2. The summed E-state index contributed by atoms with van der Waals surface area (Å²) < 4.78 is 5.09. The van der Waals surface area contributed by atoms with E-state index in [1.165, 1.54) is 0 Å². The van der Waals surface area contributed by atoms with Crippen LogP contribution in [0.25, 0.3) is 0 Å². The van der Waals surface area contributed by atoms with Gasteiger partial charge in [0.15, 0.2) is 0 Å². The number of nitrogens with zero attached hydrogens (tertiary/aromatic N) is 2. The zero-order chi connectivity index (χ0) is 18.1. The van der Waals surface area contributed by atoms with E-state index in [0.29, 0.717) is 18.5 Å². The first-order chi connectivity index (χ1) is 12.1. The van der Waals surface area contributed by atoms with Crippen LogP contribution in [0, 0.1) is 0 Å². The lowest BCUT2D eigenvalue weighted by Gasteiger charge is -2.34. The monoisotopic (exact) mass is 411 g/mol. The minimum atomic E-state index is -0.0776. The Balaban J connectivity index is 1.65. The Labute approximate surface area is 157 Å². The van der Waals surface area contributed by atoms with E-state index in [4.69, 9.17) is 4.74 Å². The van der Waals surface area contributed by atoms with Crippen molar-refractivity contribution >= 4 is 27.7 Å². The summed E-state index contributed by atoms with van der Waals surface area (Å²) in [5.74, 6) is 0.901. The molecule has 1 heterocycles. The molecule has 25 heavy (non-hydrogen) atoms. The average Bonchev–Trinajstić information content (AvgIpc) is 2.66. The maximum absolute atomic E-state index is 12.1. The maximum Gasteiger partial charge on any atom is 0.251 e. The highest BCUT2D eigenvalue weighted by molar-refractivity contribution is 9.09. The number of amides is 2. The molecule has 7 heteroatoms. The van der Waals surface area contributed by atoms with Gasteiger partial charge in [-0.05, 0) is 30.7 Å². The van der Waals surface area contributed by atoms with Crippen molar-refractivity contribution in [3.63, 3.8) is 0 Å². The number of hydrogen-bond donors (Lipinski definition) is 1. The summed E-state index contributed by atoms with van der Waals surface area (Å²) in [5, 5.41) is 3.81. The molecule has 0 spiro atoms. The molecule has 1 aliphatic rings. The number of alkyl halides is 1. The summed E-state index contributed by atoms with van der Waals surface area (Å²) in [5.41, 5.74) is 0.628. The van der Waals surface area contributed by atoms with Gasteiger partial charge in [-0.15, -0.1) is 0 Å². The summed E-state index contributed by atoms with van der Waals surface area (Å²) in [4.78, 5) is 28.3. The normalized spacial score (nSPS) is 15.0. The number of rotatable bonds is 8. The standard InChI is InChI=1S/C18H26BrN3O3/c1-25-16-6-4-15(5-7-16)18(24)20-9-10-21-11-13-22(14-12-21)17(23)3-2-8-19/h4-7H,2-3,8-14H2,1H3,(H,20,24). The molecule has 1 saturated heterocycles. The van der Waals surface area contributed by atoms with Crippen molar-refractivity contribution in [3.8, 4) is 5.75 Å². The Kier molecular flexibility index (Phi) is 8.21. The van der Waals surface area contributed by atoms with Crippen LogP contribution in [-0.4, -0.2) is 73.3 Å². The topological polar surface area (TPSA) is 61.9 Å². The van der Waals surface area contributed by atoms with Crippen molar-refractivity contribution in [1.82, 2.24) is 15.1 Å². The van der Waals surface area contributed by atoms with Gasteiger partial charge in [0.2, 0.25) is 5.91 Å². The second kappa shape index (κ2) is 10.4. The van der Waals surface area contributed by atoms with Gasteiger partial charge in [-0.1, -0.05) is 15.9 Å². The zero-order valence-electron chi connectivity index (χ0n) is 14.7. The van der Waals surface area contributed by atoms with Gasteiger partial charge in [0.05, 0.1) is 7.11 Å². The average molecular weight is 412 g/mol. The molecule has 0 unspecified atom stereocenters. The first-order valence-electron chi connectivity index (χ1n) is 8.62. The molecule has 6 nitrogen and oxygen atoms in total. The molecule has 0 radical (unpaired) electrons. The third-order valence-corrected chi connectivity index (χ3v) is 4.88. The highest BCUT2D eigenvalue weighted by Gasteiger charge is 2.20. The number of hydrogen-bond acceptors (Lipinski definition) is 4. The fraction of sp³-hybridized carbons (Fsp3) is 0.556. The molecular formula is C18H26BrN3O3. The lowest BCUT2D eigenvalue weighted by molar-refractivity contribution is -0.132. The quantitative estimate of drug-likeness (QED) is 0.661. The van der Waals surface area contributed by atoms with Gasteiger partial charge < -0.3 is 15.0 Å². The van der Waals surface area contributed by atoms with Crippen LogP contribution in [-0.2, 0) is 4.79 Å². The molecular weight excluding hydrogens is 386 g/mol. The Morgan fingerprint density at radius 2 is 1.84 bits per heavy atom. The van der Waals surface area contributed by atoms with E-state index >= 15 is 0 Å². The fourth-order valence-electron chi connectivity index (χ4n) is 2.77. The Bertz CT molecular complexity index is 557. The van der Waals surface area contributed by atoms with E-state index in [2.05, 4.69) is 26.1 Å². The zero-order valence-corrected chi connectivity index (χ0v) is 16.3. The predicted molar refractivity (Wildman–Crippen MR) is 101 cm³/mol. The molecule has 0 bridgehead atoms. The van der Waals surface area contributed by atoms with Crippen LogP contribution in [0.2, 0.25) is 0 Å². The first-order valence-corrected chi connectivity index (χ1v) is 9.74. The van der Waals surface area contributed by atoms with E-state index < -0.39 is 0 Å². The van der Waals surface area contributed by atoms with Crippen molar-refractivity contribution in [1.29, 1.82) is 0 Å². The molecule has 0 aromatic heterocycles. The van der Waals surface area contributed by atoms with E-state index in [9.17, 15) is 9.59 Å². The third kappa shape index (κ3) is 6.32. The van der Waals surface area contributed by atoms with E-state index in [0.717, 1.165) is 50.2 Å². The maximum atomic E-state index is 12.1. The lowest BCUT2D eigenvalue weighted by Crippen LogP contribution is -2.50. The summed E-state index contributed by atoms with van der Waals surface area (Å²) in [7, 11) is 1.60. The Morgan fingerprint density at radius 3 is 2.44 bits per heavy atom. The molecule has 0 saturated carbocycles. The second-order valence-electron chi connectivity index (χ2n) is 6.00. The van der Waals surface area contributed by atoms with E-state index in [-0.39, 0.29) is 11.8 Å². The highest BCUT2D eigenvalue weighted by Crippen LogP contribution is 2.11. The van der Waals surface area contributed by atoms with Crippen molar-refractivity contribution < 1.29 is 14.3 Å². The van der Waals surface area contributed by atoms with Crippen molar-refractivity contribution in [3.05, 3.63) is 29.8 Å². The molecule has 0 atom stereocenters. The molecule has 2 amide bonds. The van der Waals surface area contributed by atoms with Crippen LogP contribution in [0.5, 0.6) is 5.75 Å². The molecule has 1 fully saturated rings.